The largest absolute Gasteiger partial charge is 0.355 e. The number of amides is 1. The third-order valence-corrected chi connectivity index (χ3v) is 4.69. The van der Waals surface area contributed by atoms with Gasteiger partial charge >= 0.3 is 0 Å². The highest BCUT2D eigenvalue weighted by atomic mass is 32.1. The molecule has 1 atom stereocenters. The summed E-state index contributed by atoms with van der Waals surface area (Å²) in [5.41, 5.74) is 2.19. The molecule has 2 aromatic rings. The molecular weight excluding hydrogens is 272 g/mol. The maximum atomic E-state index is 11.9. The van der Waals surface area contributed by atoms with E-state index < -0.39 is 0 Å². The molecule has 2 N–H and O–H groups in total. The fourth-order valence-corrected chi connectivity index (χ4v) is 3.57. The van der Waals surface area contributed by atoms with Crippen molar-refractivity contribution >= 4 is 22.2 Å². The van der Waals surface area contributed by atoms with E-state index in [2.05, 4.69) is 33.1 Å². The van der Waals surface area contributed by atoms with Crippen LogP contribution >= 0.6 is 11.3 Å². The number of rotatable bonds is 3. The molecule has 0 aromatic carbocycles. The summed E-state index contributed by atoms with van der Waals surface area (Å²) in [5.74, 6) is 0.127. The SMILES string of the molecule is Cc1cn2c(CNC3CCCCNC3=O)c(C)nc2s1. The maximum Gasteiger partial charge on any atom is 0.237 e. The van der Waals surface area contributed by atoms with Crippen molar-refractivity contribution in [3.8, 4) is 0 Å². The predicted octanol–water partition coefficient (Wildman–Crippen LogP) is 1.77. The summed E-state index contributed by atoms with van der Waals surface area (Å²) in [7, 11) is 0. The number of nitrogens with zero attached hydrogens (tertiary/aromatic N) is 2. The topological polar surface area (TPSA) is 58.4 Å². The van der Waals surface area contributed by atoms with E-state index >= 15 is 0 Å². The standard InChI is InChI=1S/C14H20N4OS/c1-9-8-18-12(10(2)17-14(18)20-9)7-16-11-5-3-4-6-15-13(11)19/h8,11,16H,3-7H2,1-2H3,(H,15,19). The molecule has 0 saturated carbocycles. The Labute approximate surface area is 122 Å². The number of imidazole rings is 1. The molecule has 1 fully saturated rings. The lowest BCUT2D eigenvalue weighted by atomic mass is 10.1. The van der Waals surface area contributed by atoms with Gasteiger partial charge in [-0.3, -0.25) is 9.20 Å². The molecule has 20 heavy (non-hydrogen) atoms. The van der Waals surface area contributed by atoms with Crippen LogP contribution in [0.25, 0.3) is 4.96 Å². The van der Waals surface area contributed by atoms with Crippen LogP contribution in [-0.4, -0.2) is 27.9 Å². The van der Waals surface area contributed by atoms with Crippen LogP contribution in [0.3, 0.4) is 0 Å². The lowest BCUT2D eigenvalue weighted by molar-refractivity contribution is -0.122. The molecule has 0 aliphatic carbocycles. The van der Waals surface area contributed by atoms with Crippen molar-refractivity contribution in [2.24, 2.45) is 0 Å². The molecule has 1 saturated heterocycles. The van der Waals surface area contributed by atoms with Crippen molar-refractivity contribution in [1.29, 1.82) is 0 Å². The van der Waals surface area contributed by atoms with Crippen LogP contribution in [0.5, 0.6) is 0 Å². The second kappa shape index (κ2) is 5.54. The van der Waals surface area contributed by atoms with Gasteiger partial charge in [-0.05, 0) is 33.1 Å². The minimum atomic E-state index is -0.0813. The Bertz CT molecular complexity index is 630. The molecule has 6 heteroatoms. The van der Waals surface area contributed by atoms with Crippen LogP contribution in [0.2, 0.25) is 0 Å². The number of fused-ring (bicyclic) bond motifs is 1. The molecule has 5 nitrogen and oxygen atoms in total. The van der Waals surface area contributed by atoms with Crippen molar-refractivity contribution in [3.63, 3.8) is 0 Å². The minimum absolute atomic E-state index is 0.0813. The Morgan fingerprint density at radius 3 is 3.20 bits per heavy atom. The van der Waals surface area contributed by atoms with E-state index in [4.69, 9.17) is 0 Å². The van der Waals surface area contributed by atoms with Crippen molar-refractivity contribution < 1.29 is 4.79 Å². The van der Waals surface area contributed by atoms with Crippen LogP contribution < -0.4 is 10.6 Å². The molecule has 3 rings (SSSR count). The smallest absolute Gasteiger partial charge is 0.237 e. The van der Waals surface area contributed by atoms with Crippen LogP contribution in [-0.2, 0) is 11.3 Å². The summed E-state index contributed by atoms with van der Waals surface area (Å²) in [6, 6.07) is -0.0813. The predicted molar refractivity (Wildman–Crippen MR) is 80.0 cm³/mol. The monoisotopic (exact) mass is 292 g/mol. The van der Waals surface area contributed by atoms with Crippen LogP contribution in [0.15, 0.2) is 6.20 Å². The maximum absolute atomic E-state index is 11.9. The Kier molecular flexibility index (Phi) is 3.76. The molecule has 1 amide bonds. The molecule has 108 valence electrons. The molecule has 1 unspecified atom stereocenters. The first-order valence-electron chi connectivity index (χ1n) is 7.10. The Hall–Kier alpha value is -1.40. The van der Waals surface area contributed by atoms with Gasteiger partial charge in [0, 0.05) is 24.2 Å². The zero-order valence-corrected chi connectivity index (χ0v) is 12.7. The van der Waals surface area contributed by atoms with E-state index in [-0.39, 0.29) is 11.9 Å². The van der Waals surface area contributed by atoms with Gasteiger partial charge in [0.05, 0.1) is 17.4 Å². The molecule has 1 aliphatic heterocycles. The van der Waals surface area contributed by atoms with Gasteiger partial charge in [0.25, 0.3) is 0 Å². The first-order chi connectivity index (χ1) is 9.65. The van der Waals surface area contributed by atoms with Gasteiger partial charge in [0.15, 0.2) is 4.96 Å². The van der Waals surface area contributed by atoms with Gasteiger partial charge in [-0.1, -0.05) is 0 Å². The Morgan fingerprint density at radius 2 is 2.35 bits per heavy atom. The third kappa shape index (κ3) is 2.58. The van der Waals surface area contributed by atoms with Crippen LogP contribution in [0.4, 0.5) is 0 Å². The highest BCUT2D eigenvalue weighted by Crippen LogP contribution is 2.20. The molecule has 0 bridgehead atoms. The van der Waals surface area contributed by atoms with Gasteiger partial charge < -0.3 is 10.6 Å². The highest BCUT2D eigenvalue weighted by Gasteiger charge is 2.21. The number of carbonyl (C=O) groups excluding carboxylic acids is 1. The van der Waals surface area contributed by atoms with E-state index in [1.807, 2.05) is 6.92 Å². The van der Waals surface area contributed by atoms with Crippen LogP contribution in [0.1, 0.15) is 35.5 Å². The van der Waals surface area contributed by atoms with Crippen LogP contribution in [0, 0.1) is 13.8 Å². The van der Waals surface area contributed by atoms with E-state index in [0.29, 0.717) is 6.54 Å². The molecule has 2 aromatic heterocycles. The molecule has 3 heterocycles. The number of aryl methyl sites for hydroxylation is 2. The zero-order chi connectivity index (χ0) is 14.1. The molecule has 0 radical (unpaired) electrons. The van der Waals surface area contributed by atoms with Crippen molar-refractivity contribution in [3.05, 3.63) is 22.5 Å². The average molecular weight is 292 g/mol. The van der Waals surface area contributed by atoms with Gasteiger partial charge in [-0.25, -0.2) is 4.98 Å². The second-order valence-electron chi connectivity index (χ2n) is 5.36. The number of thiazole rings is 1. The van der Waals surface area contributed by atoms with E-state index in [1.54, 1.807) is 11.3 Å². The molecular formula is C14H20N4OS. The summed E-state index contributed by atoms with van der Waals surface area (Å²) in [6.07, 6.45) is 5.19. The van der Waals surface area contributed by atoms with E-state index in [9.17, 15) is 4.79 Å². The van der Waals surface area contributed by atoms with E-state index in [0.717, 1.165) is 42.2 Å². The average Bonchev–Trinajstić information content (AvgIpc) is 2.78. The lowest BCUT2D eigenvalue weighted by Crippen LogP contribution is -2.42. The van der Waals surface area contributed by atoms with Crippen molar-refractivity contribution in [1.82, 2.24) is 20.0 Å². The summed E-state index contributed by atoms with van der Waals surface area (Å²) in [6.45, 7) is 5.60. The summed E-state index contributed by atoms with van der Waals surface area (Å²) >= 11 is 1.70. The fraction of sp³-hybridized carbons (Fsp3) is 0.571. The summed E-state index contributed by atoms with van der Waals surface area (Å²) in [4.78, 5) is 18.8. The quantitative estimate of drug-likeness (QED) is 0.906. The fourth-order valence-electron chi connectivity index (χ4n) is 2.68. The minimum Gasteiger partial charge on any atom is -0.355 e. The lowest BCUT2D eigenvalue weighted by Gasteiger charge is -2.15. The zero-order valence-electron chi connectivity index (χ0n) is 11.9. The first kappa shape index (κ1) is 13.6. The van der Waals surface area contributed by atoms with Gasteiger partial charge in [-0.15, -0.1) is 11.3 Å². The highest BCUT2D eigenvalue weighted by molar-refractivity contribution is 7.17. The molecule has 0 spiro atoms. The van der Waals surface area contributed by atoms with Crippen molar-refractivity contribution in [2.75, 3.05) is 6.54 Å². The third-order valence-electron chi connectivity index (χ3n) is 3.79. The van der Waals surface area contributed by atoms with Gasteiger partial charge in [0.2, 0.25) is 5.91 Å². The summed E-state index contributed by atoms with van der Waals surface area (Å²) < 4.78 is 2.14. The van der Waals surface area contributed by atoms with E-state index in [1.165, 1.54) is 4.88 Å². The number of hydrogen-bond acceptors (Lipinski definition) is 4. The number of carbonyl (C=O) groups is 1. The number of aromatic nitrogens is 2. The number of nitrogens with one attached hydrogen (secondary N) is 2. The normalized spacial score (nSPS) is 20.1. The summed E-state index contributed by atoms with van der Waals surface area (Å²) in [5, 5.41) is 6.35. The van der Waals surface area contributed by atoms with Gasteiger partial charge in [0.1, 0.15) is 0 Å². The van der Waals surface area contributed by atoms with Crippen molar-refractivity contribution in [2.45, 2.75) is 45.7 Å². The molecule has 1 aliphatic rings. The Morgan fingerprint density at radius 1 is 1.50 bits per heavy atom. The Balaban J connectivity index is 1.75. The first-order valence-corrected chi connectivity index (χ1v) is 7.92. The second-order valence-corrected chi connectivity index (χ2v) is 6.57. The van der Waals surface area contributed by atoms with Gasteiger partial charge in [-0.2, -0.15) is 0 Å². The number of hydrogen-bond donors (Lipinski definition) is 2.